The lowest BCUT2D eigenvalue weighted by Crippen LogP contribution is -2.09. The topological polar surface area (TPSA) is 0 Å². The lowest BCUT2D eigenvalue weighted by atomic mass is 10.1. The van der Waals surface area contributed by atoms with E-state index in [2.05, 4.69) is 0 Å². The molecule has 52 valence electrons. The predicted octanol–water partition coefficient (Wildman–Crippen LogP) is 3.17. The number of hydrogen-bond acceptors (Lipinski definition) is 0. The summed E-state index contributed by atoms with van der Waals surface area (Å²) in [7, 11) is 0. The highest BCUT2D eigenvalue weighted by Gasteiger charge is 2.11. The second-order valence-electron chi connectivity index (χ2n) is 2.47. The highest BCUT2D eigenvalue weighted by molar-refractivity contribution is 4.62. The summed E-state index contributed by atoms with van der Waals surface area (Å²) < 4.78 is 12.4. The molecule has 0 aromatic rings. The predicted molar refractivity (Wildman–Crippen MR) is 36.8 cm³/mol. The van der Waals surface area contributed by atoms with Gasteiger partial charge in [-0.2, -0.15) is 0 Å². The summed E-state index contributed by atoms with van der Waals surface area (Å²) in [5.74, 6) is 0. The largest absolute Gasteiger partial charge is 0.245 e. The summed E-state index contributed by atoms with van der Waals surface area (Å²) in [6, 6.07) is 0. The molecule has 0 fully saturated rings. The molecule has 0 rings (SSSR count). The molecule has 0 radical (unpaired) electrons. The molecule has 0 aliphatic heterocycles. The van der Waals surface area contributed by atoms with Crippen LogP contribution in [0.15, 0.2) is 0 Å². The van der Waals surface area contributed by atoms with Gasteiger partial charge in [-0.3, -0.25) is 0 Å². The molecule has 0 aliphatic carbocycles. The first-order chi connectivity index (χ1) is 3.06. The van der Waals surface area contributed by atoms with E-state index in [9.17, 15) is 4.39 Å². The summed E-state index contributed by atoms with van der Waals surface area (Å²) in [6.07, 6.45) is 1.61. The SMILES string of the molecule is C.CCCC(C)(C)F. The van der Waals surface area contributed by atoms with Gasteiger partial charge in [0.25, 0.3) is 0 Å². The number of hydrogen-bond donors (Lipinski definition) is 0. The quantitative estimate of drug-likeness (QED) is 0.525. The van der Waals surface area contributed by atoms with Crippen molar-refractivity contribution in [3.8, 4) is 0 Å². The van der Waals surface area contributed by atoms with Crippen LogP contribution in [0.1, 0.15) is 41.0 Å². The Bertz CT molecular complexity index is 42.8. The molecule has 0 spiro atoms. The monoisotopic (exact) mass is 120 g/mol. The van der Waals surface area contributed by atoms with Crippen LogP contribution in [0.4, 0.5) is 4.39 Å². The van der Waals surface area contributed by atoms with E-state index in [1.54, 1.807) is 13.8 Å². The van der Waals surface area contributed by atoms with Crippen molar-refractivity contribution < 1.29 is 4.39 Å². The number of alkyl halides is 1. The highest BCUT2D eigenvalue weighted by Crippen LogP contribution is 2.14. The Kier molecular flexibility index (Phi) is 5.25. The van der Waals surface area contributed by atoms with Crippen LogP contribution in [0.2, 0.25) is 0 Å². The third-order valence-electron chi connectivity index (χ3n) is 0.844. The van der Waals surface area contributed by atoms with Crippen LogP contribution in [0.3, 0.4) is 0 Å². The van der Waals surface area contributed by atoms with Crippen LogP contribution in [0.5, 0.6) is 0 Å². The Morgan fingerprint density at radius 1 is 1.38 bits per heavy atom. The summed E-state index contributed by atoms with van der Waals surface area (Å²) in [6.45, 7) is 5.20. The average Bonchev–Trinajstić information content (AvgIpc) is 1.30. The first-order valence-corrected chi connectivity index (χ1v) is 2.75. The molecule has 0 aromatic heterocycles. The minimum Gasteiger partial charge on any atom is -0.245 e. The van der Waals surface area contributed by atoms with Crippen molar-refractivity contribution in [1.29, 1.82) is 0 Å². The van der Waals surface area contributed by atoms with Crippen LogP contribution in [-0.4, -0.2) is 5.67 Å². The maximum Gasteiger partial charge on any atom is 0.105 e. The van der Waals surface area contributed by atoms with Gasteiger partial charge < -0.3 is 0 Å². The van der Waals surface area contributed by atoms with Crippen molar-refractivity contribution in [1.82, 2.24) is 0 Å². The molecule has 0 heterocycles. The zero-order valence-electron chi connectivity index (χ0n) is 5.29. The number of halogens is 1. The van der Waals surface area contributed by atoms with E-state index < -0.39 is 5.67 Å². The molecular formula is C7H17F. The molecule has 0 bridgehead atoms. The molecule has 8 heavy (non-hydrogen) atoms. The van der Waals surface area contributed by atoms with E-state index in [0.717, 1.165) is 6.42 Å². The molecule has 1 heteroatoms. The molecule has 0 saturated heterocycles. The third kappa shape index (κ3) is 9.33. The van der Waals surface area contributed by atoms with Crippen molar-refractivity contribution in [3.05, 3.63) is 0 Å². The standard InChI is InChI=1S/C6H13F.CH4/c1-4-5-6(2,3)7;/h4-5H2,1-3H3;1H4. The second kappa shape index (κ2) is 3.88. The average molecular weight is 120 g/mol. The van der Waals surface area contributed by atoms with E-state index in [1.807, 2.05) is 6.92 Å². The Hall–Kier alpha value is -0.0700. The Morgan fingerprint density at radius 3 is 1.75 bits per heavy atom. The Balaban J connectivity index is 0. The summed E-state index contributed by atoms with van der Waals surface area (Å²) in [4.78, 5) is 0. The molecule has 0 nitrogen and oxygen atoms in total. The van der Waals surface area contributed by atoms with Crippen molar-refractivity contribution in [2.24, 2.45) is 0 Å². The molecular weight excluding hydrogens is 103 g/mol. The lowest BCUT2D eigenvalue weighted by molar-refractivity contribution is 0.200. The zero-order valence-corrected chi connectivity index (χ0v) is 5.29. The number of rotatable bonds is 2. The van der Waals surface area contributed by atoms with E-state index in [0.29, 0.717) is 6.42 Å². The van der Waals surface area contributed by atoms with Crippen LogP contribution in [-0.2, 0) is 0 Å². The fourth-order valence-electron chi connectivity index (χ4n) is 0.594. The highest BCUT2D eigenvalue weighted by atomic mass is 19.1. The van der Waals surface area contributed by atoms with Gasteiger partial charge in [-0.05, 0) is 20.3 Å². The van der Waals surface area contributed by atoms with Crippen LogP contribution in [0.25, 0.3) is 0 Å². The summed E-state index contributed by atoms with van der Waals surface area (Å²) >= 11 is 0. The fraction of sp³-hybridized carbons (Fsp3) is 1.00. The van der Waals surface area contributed by atoms with E-state index in [4.69, 9.17) is 0 Å². The summed E-state index contributed by atoms with van der Waals surface area (Å²) in [5, 5.41) is 0. The van der Waals surface area contributed by atoms with Gasteiger partial charge in [-0.25, -0.2) is 4.39 Å². The van der Waals surface area contributed by atoms with Gasteiger partial charge in [-0.15, -0.1) is 0 Å². The zero-order chi connectivity index (χ0) is 5.91. The van der Waals surface area contributed by atoms with E-state index >= 15 is 0 Å². The van der Waals surface area contributed by atoms with Gasteiger partial charge in [-0.1, -0.05) is 20.8 Å². The van der Waals surface area contributed by atoms with E-state index in [-0.39, 0.29) is 7.43 Å². The van der Waals surface area contributed by atoms with Crippen molar-refractivity contribution in [2.75, 3.05) is 0 Å². The smallest absolute Gasteiger partial charge is 0.105 e. The van der Waals surface area contributed by atoms with Crippen molar-refractivity contribution in [3.63, 3.8) is 0 Å². The van der Waals surface area contributed by atoms with Crippen LogP contribution in [0, 0.1) is 0 Å². The van der Waals surface area contributed by atoms with Gasteiger partial charge in [0.2, 0.25) is 0 Å². The van der Waals surface area contributed by atoms with Crippen LogP contribution < -0.4 is 0 Å². The second-order valence-corrected chi connectivity index (χ2v) is 2.47. The van der Waals surface area contributed by atoms with Crippen molar-refractivity contribution >= 4 is 0 Å². The Labute approximate surface area is 52.1 Å². The maximum atomic E-state index is 12.4. The van der Waals surface area contributed by atoms with E-state index in [1.165, 1.54) is 0 Å². The van der Waals surface area contributed by atoms with Gasteiger partial charge in [0, 0.05) is 0 Å². The van der Waals surface area contributed by atoms with Crippen molar-refractivity contribution in [2.45, 2.75) is 46.7 Å². The molecule has 0 unspecified atom stereocenters. The minimum absolute atomic E-state index is 0. The fourth-order valence-corrected chi connectivity index (χ4v) is 0.594. The van der Waals surface area contributed by atoms with Gasteiger partial charge in [0.15, 0.2) is 0 Å². The lowest BCUT2D eigenvalue weighted by Gasteiger charge is -2.10. The molecule has 0 amide bonds. The Morgan fingerprint density at radius 2 is 1.75 bits per heavy atom. The first-order valence-electron chi connectivity index (χ1n) is 2.75. The molecule has 0 aromatic carbocycles. The van der Waals surface area contributed by atoms with Gasteiger partial charge >= 0.3 is 0 Å². The maximum absolute atomic E-state index is 12.4. The van der Waals surface area contributed by atoms with Crippen LogP contribution >= 0.6 is 0 Å². The third-order valence-corrected chi connectivity index (χ3v) is 0.844. The summed E-state index contributed by atoms with van der Waals surface area (Å²) in [5.41, 5.74) is -0.950. The molecule has 0 aliphatic rings. The normalized spacial score (nSPS) is 10.5. The van der Waals surface area contributed by atoms with Gasteiger partial charge in [0.05, 0.1) is 0 Å². The minimum atomic E-state index is -0.950. The first kappa shape index (κ1) is 10.8. The molecule has 0 atom stereocenters. The molecule has 0 saturated carbocycles. The van der Waals surface area contributed by atoms with Gasteiger partial charge in [0.1, 0.15) is 5.67 Å². The molecule has 0 N–H and O–H groups in total.